The van der Waals surface area contributed by atoms with E-state index in [1.165, 1.54) is 7.11 Å². The van der Waals surface area contributed by atoms with Crippen LogP contribution in [0.3, 0.4) is 0 Å². The number of methoxy groups -OCH3 is 1. The maximum atomic E-state index is 10.3. The summed E-state index contributed by atoms with van der Waals surface area (Å²) < 4.78 is 4.32. The zero-order valence-corrected chi connectivity index (χ0v) is 4.94. The van der Waals surface area contributed by atoms with Crippen LogP contribution in [0.2, 0.25) is 0 Å². The van der Waals surface area contributed by atoms with Crippen LogP contribution in [0.1, 0.15) is 0 Å². The van der Waals surface area contributed by atoms with E-state index in [4.69, 9.17) is 0 Å². The van der Waals surface area contributed by atoms with Crippen LogP contribution in [0.5, 0.6) is 0 Å². The van der Waals surface area contributed by atoms with Gasteiger partial charge in [-0.15, -0.1) is 0 Å². The standard InChI is InChI=1S/C5H10NO2/c1-3-6-4-5(7)8-2/h6H,1,3-4H2,2H3. The molecule has 0 aromatic carbocycles. The molecule has 0 atom stereocenters. The monoisotopic (exact) mass is 116 g/mol. The van der Waals surface area contributed by atoms with E-state index in [9.17, 15) is 4.79 Å². The molecule has 1 radical (unpaired) electrons. The first-order valence-corrected chi connectivity index (χ1v) is 2.38. The average Bonchev–Trinajstić information content (AvgIpc) is 1.83. The number of hydrogen-bond acceptors (Lipinski definition) is 3. The number of carbonyl (C=O) groups is 1. The van der Waals surface area contributed by atoms with Crippen LogP contribution in [-0.4, -0.2) is 26.2 Å². The van der Waals surface area contributed by atoms with Crippen molar-refractivity contribution in [1.82, 2.24) is 5.32 Å². The Morgan fingerprint density at radius 1 is 1.88 bits per heavy atom. The molecule has 0 aliphatic rings. The van der Waals surface area contributed by atoms with E-state index >= 15 is 0 Å². The Labute approximate surface area is 49.0 Å². The highest BCUT2D eigenvalue weighted by Crippen LogP contribution is 1.66. The maximum absolute atomic E-state index is 10.3. The lowest BCUT2D eigenvalue weighted by Gasteiger charge is -1.96. The van der Waals surface area contributed by atoms with E-state index in [1.807, 2.05) is 0 Å². The topological polar surface area (TPSA) is 38.3 Å². The van der Waals surface area contributed by atoms with Gasteiger partial charge in [0.15, 0.2) is 0 Å². The van der Waals surface area contributed by atoms with Gasteiger partial charge in [-0.3, -0.25) is 4.79 Å². The molecule has 1 N–H and O–H groups in total. The highest BCUT2D eigenvalue weighted by atomic mass is 16.5. The van der Waals surface area contributed by atoms with Gasteiger partial charge in [-0.25, -0.2) is 0 Å². The minimum Gasteiger partial charge on any atom is -0.468 e. The van der Waals surface area contributed by atoms with Gasteiger partial charge in [0, 0.05) is 0 Å². The second kappa shape index (κ2) is 4.59. The molecule has 0 aromatic heterocycles. The van der Waals surface area contributed by atoms with Crippen LogP contribution in [0.4, 0.5) is 0 Å². The van der Waals surface area contributed by atoms with E-state index < -0.39 is 0 Å². The molecule has 0 aliphatic carbocycles. The van der Waals surface area contributed by atoms with E-state index in [0.29, 0.717) is 6.54 Å². The third kappa shape index (κ3) is 3.61. The lowest BCUT2D eigenvalue weighted by atomic mass is 10.6. The van der Waals surface area contributed by atoms with Crippen molar-refractivity contribution in [2.24, 2.45) is 0 Å². The summed E-state index contributed by atoms with van der Waals surface area (Å²) in [7, 11) is 1.35. The molecule has 0 aromatic rings. The van der Waals surface area contributed by atoms with Crippen molar-refractivity contribution >= 4 is 5.97 Å². The number of nitrogens with one attached hydrogen (secondary N) is 1. The minimum absolute atomic E-state index is 0.250. The van der Waals surface area contributed by atoms with Crippen LogP contribution in [0.15, 0.2) is 0 Å². The molecule has 3 nitrogen and oxygen atoms in total. The predicted molar refractivity (Wildman–Crippen MR) is 30.2 cm³/mol. The average molecular weight is 116 g/mol. The van der Waals surface area contributed by atoms with Crippen molar-refractivity contribution in [3.63, 3.8) is 0 Å². The van der Waals surface area contributed by atoms with Crippen LogP contribution in [0, 0.1) is 6.92 Å². The molecular weight excluding hydrogens is 106 g/mol. The fraction of sp³-hybridized carbons (Fsp3) is 0.600. The molecule has 3 heteroatoms. The Morgan fingerprint density at radius 3 is 2.88 bits per heavy atom. The number of carbonyl (C=O) groups excluding carboxylic acids is 1. The fourth-order valence-electron chi connectivity index (χ4n) is 0.263. The van der Waals surface area contributed by atoms with Crippen molar-refractivity contribution < 1.29 is 9.53 Å². The van der Waals surface area contributed by atoms with Crippen LogP contribution in [0.25, 0.3) is 0 Å². The van der Waals surface area contributed by atoms with Gasteiger partial charge in [-0.1, -0.05) is 0 Å². The Hall–Kier alpha value is -0.570. The van der Waals surface area contributed by atoms with Crippen molar-refractivity contribution in [2.75, 3.05) is 20.2 Å². The summed E-state index contributed by atoms with van der Waals surface area (Å²) in [6.45, 7) is 4.27. The van der Waals surface area contributed by atoms with Crippen molar-refractivity contribution in [2.45, 2.75) is 0 Å². The Balaban J connectivity index is 2.99. The molecule has 0 saturated carbocycles. The van der Waals surface area contributed by atoms with Crippen LogP contribution < -0.4 is 5.32 Å². The number of esters is 1. The molecule has 8 heavy (non-hydrogen) atoms. The lowest BCUT2D eigenvalue weighted by Crippen LogP contribution is -2.23. The molecule has 0 unspecified atom stereocenters. The summed E-state index contributed by atoms with van der Waals surface area (Å²) in [5.41, 5.74) is 0. The Bertz CT molecular complexity index is 72.8. The first-order chi connectivity index (χ1) is 3.81. The molecule has 47 valence electrons. The first kappa shape index (κ1) is 7.43. The highest BCUT2D eigenvalue weighted by molar-refractivity contribution is 5.71. The highest BCUT2D eigenvalue weighted by Gasteiger charge is 1.93. The number of hydrogen-bond donors (Lipinski definition) is 1. The van der Waals surface area contributed by atoms with Gasteiger partial charge in [0.2, 0.25) is 0 Å². The number of ether oxygens (including phenoxy) is 1. The van der Waals surface area contributed by atoms with Gasteiger partial charge in [-0.05, 0) is 13.5 Å². The fourth-order valence-corrected chi connectivity index (χ4v) is 0.263. The molecule has 0 amide bonds. The minimum atomic E-state index is -0.256. The summed E-state index contributed by atoms with van der Waals surface area (Å²) in [5, 5.41) is 2.71. The summed E-state index contributed by atoms with van der Waals surface area (Å²) >= 11 is 0. The van der Waals surface area contributed by atoms with E-state index in [0.717, 1.165) is 0 Å². The van der Waals surface area contributed by atoms with E-state index in [1.54, 1.807) is 0 Å². The zero-order valence-electron chi connectivity index (χ0n) is 4.94. The van der Waals surface area contributed by atoms with Gasteiger partial charge < -0.3 is 10.1 Å². The summed E-state index contributed by atoms with van der Waals surface area (Å²) in [4.78, 5) is 10.3. The second-order valence-corrected chi connectivity index (χ2v) is 1.25. The van der Waals surface area contributed by atoms with Gasteiger partial charge in [0.05, 0.1) is 13.7 Å². The van der Waals surface area contributed by atoms with Gasteiger partial charge in [0.1, 0.15) is 0 Å². The molecular formula is C5H10NO2. The quantitative estimate of drug-likeness (QED) is 0.509. The van der Waals surface area contributed by atoms with Crippen molar-refractivity contribution in [3.05, 3.63) is 6.92 Å². The van der Waals surface area contributed by atoms with Crippen molar-refractivity contribution in [1.29, 1.82) is 0 Å². The van der Waals surface area contributed by atoms with E-state index in [2.05, 4.69) is 17.0 Å². The molecule has 0 aliphatic heterocycles. The molecule has 0 heterocycles. The molecule has 0 bridgehead atoms. The molecule has 0 spiro atoms. The van der Waals surface area contributed by atoms with Gasteiger partial charge in [-0.2, -0.15) is 0 Å². The second-order valence-electron chi connectivity index (χ2n) is 1.25. The SMILES string of the molecule is [CH2]CNCC(=O)OC. The first-order valence-electron chi connectivity index (χ1n) is 2.38. The molecule has 0 saturated heterocycles. The predicted octanol–water partition coefficient (Wildman–Crippen LogP) is -0.417. The third-order valence-corrected chi connectivity index (χ3v) is 0.674. The lowest BCUT2D eigenvalue weighted by molar-refractivity contribution is -0.139. The van der Waals surface area contributed by atoms with Crippen molar-refractivity contribution in [3.8, 4) is 0 Å². The Morgan fingerprint density at radius 2 is 2.50 bits per heavy atom. The zero-order chi connectivity index (χ0) is 6.41. The third-order valence-electron chi connectivity index (χ3n) is 0.674. The van der Waals surface area contributed by atoms with Gasteiger partial charge in [0.25, 0.3) is 0 Å². The normalized spacial score (nSPS) is 8.75. The smallest absolute Gasteiger partial charge is 0.319 e. The van der Waals surface area contributed by atoms with Crippen LogP contribution in [-0.2, 0) is 9.53 Å². The largest absolute Gasteiger partial charge is 0.468 e. The maximum Gasteiger partial charge on any atom is 0.319 e. The molecule has 0 rings (SSSR count). The van der Waals surface area contributed by atoms with Crippen LogP contribution >= 0.6 is 0 Å². The number of rotatable bonds is 3. The summed E-state index contributed by atoms with van der Waals surface area (Å²) in [5.74, 6) is -0.256. The summed E-state index contributed by atoms with van der Waals surface area (Å²) in [6, 6.07) is 0. The summed E-state index contributed by atoms with van der Waals surface area (Å²) in [6.07, 6.45) is 0. The van der Waals surface area contributed by atoms with Gasteiger partial charge >= 0.3 is 5.97 Å². The molecule has 0 fully saturated rings. The van der Waals surface area contributed by atoms with E-state index in [-0.39, 0.29) is 12.5 Å². The Kier molecular flexibility index (Phi) is 4.26.